The van der Waals surface area contributed by atoms with Crippen LogP contribution in [0.2, 0.25) is 0 Å². The average molecular weight is 1210 g/mol. The van der Waals surface area contributed by atoms with Gasteiger partial charge in [-0.25, -0.2) is 0 Å². The quantitative estimate of drug-likeness (QED) is 0.0338. The lowest BCUT2D eigenvalue weighted by Crippen LogP contribution is -2.43. The minimum atomic E-state index is -0.353. The first-order valence-electron chi connectivity index (χ1n) is 32.7. The molecule has 492 valence electrons. The molecule has 15 heteroatoms. The van der Waals surface area contributed by atoms with Crippen molar-refractivity contribution in [1.82, 2.24) is 0 Å². The van der Waals surface area contributed by atoms with Gasteiger partial charge in [0.2, 0.25) is 54.3 Å². The van der Waals surface area contributed by atoms with Gasteiger partial charge in [-0.1, -0.05) is 136 Å². The summed E-state index contributed by atoms with van der Waals surface area (Å²) >= 11 is 0. The van der Waals surface area contributed by atoms with E-state index in [1.165, 1.54) is 0 Å². The predicted molar refractivity (Wildman–Crippen MR) is 372 cm³/mol. The Bertz CT molecular complexity index is 3240. The molecule has 0 heterocycles. The Kier molecular flexibility index (Phi) is 32.5. The van der Waals surface area contributed by atoms with Crippen molar-refractivity contribution in [3.8, 4) is 0 Å². The number of nitrogens with one attached hydrogen (secondary N) is 2. The summed E-state index contributed by atoms with van der Waals surface area (Å²) in [6.07, 6.45) is 20.0. The summed E-state index contributed by atoms with van der Waals surface area (Å²) in [5.41, 5.74) is 5.47. The number of hydrogen-bond acceptors (Lipinski definition) is 15. The molecule has 0 radical (unpaired) electrons. The van der Waals surface area contributed by atoms with Crippen LogP contribution in [0, 0.1) is 27.1 Å². The molecule has 2 N–H and O–H groups in total. The lowest BCUT2D eigenvalue weighted by molar-refractivity contribution is 0.360. The van der Waals surface area contributed by atoms with Crippen LogP contribution in [0.1, 0.15) is 256 Å². The van der Waals surface area contributed by atoms with Gasteiger partial charge in [-0.3, -0.25) is 47.9 Å². The average Bonchev–Trinajstić information content (AvgIpc) is 1.60. The van der Waals surface area contributed by atoms with Gasteiger partial charge in [0, 0.05) is 82.2 Å². The Hall–Kier alpha value is -5.60. The zero-order valence-electron chi connectivity index (χ0n) is 58.9. The van der Waals surface area contributed by atoms with E-state index >= 15 is 0 Å². The van der Waals surface area contributed by atoms with Crippen LogP contribution in [-0.4, -0.2) is 54.4 Å². The molecule has 0 aliphatic heterocycles. The van der Waals surface area contributed by atoms with Crippen LogP contribution in [0.3, 0.4) is 0 Å². The third-order valence-electron chi connectivity index (χ3n) is 16.0. The first-order chi connectivity index (χ1) is 40.1. The van der Waals surface area contributed by atoms with Crippen molar-refractivity contribution < 1.29 is 0 Å². The molecule has 87 heavy (non-hydrogen) atoms. The molecule has 5 rings (SSSR count). The highest BCUT2D eigenvalue weighted by molar-refractivity contribution is 5.60. The van der Waals surface area contributed by atoms with E-state index in [4.69, 9.17) is 0 Å². The fourth-order valence-electron chi connectivity index (χ4n) is 10.7. The molecule has 0 bridgehead atoms. The number of hydrogen-bond donors (Lipinski definition) is 2. The summed E-state index contributed by atoms with van der Waals surface area (Å²) < 4.78 is 0. The lowest BCUT2D eigenvalue weighted by atomic mass is 9.88. The fourth-order valence-corrected chi connectivity index (χ4v) is 10.7. The Morgan fingerprint density at radius 1 is 0.310 bits per heavy atom. The van der Waals surface area contributed by atoms with E-state index in [0.29, 0.717) is 73.2 Å². The molecule has 5 aromatic rings. The van der Waals surface area contributed by atoms with Gasteiger partial charge in [-0.15, -0.1) is 0 Å². The van der Waals surface area contributed by atoms with Gasteiger partial charge in [-0.2, -0.15) is 0 Å². The molecule has 0 amide bonds. The van der Waals surface area contributed by atoms with Gasteiger partial charge in [-0.05, 0) is 151 Å². The first kappa shape index (κ1) is 79.4. The molecule has 0 aromatic heterocycles. The summed E-state index contributed by atoms with van der Waals surface area (Å²) in [5, 5.41) is 5.78. The van der Waals surface area contributed by atoms with Crippen molar-refractivity contribution in [2.24, 2.45) is 27.1 Å². The van der Waals surface area contributed by atoms with E-state index in [1.54, 1.807) is 11.9 Å². The minimum Gasteiger partial charge on any atom is -0.385 e. The first-order valence-corrected chi connectivity index (χ1v) is 32.7. The molecule has 0 saturated carbocycles. The summed E-state index contributed by atoms with van der Waals surface area (Å²) in [7, 11) is 7.19. The molecule has 5 aromatic carbocycles. The van der Waals surface area contributed by atoms with Crippen molar-refractivity contribution in [3.63, 3.8) is 0 Å². The summed E-state index contributed by atoms with van der Waals surface area (Å²) in [6.45, 7) is 44.3. The van der Waals surface area contributed by atoms with Crippen LogP contribution in [0.5, 0.6) is 0 Å². The largest absolute Gasteiger partial charge is 0.385 e. The standard InChI is InChI=1S/C16H27NO2.C15H25NO2.2C14H23NO2.C13H21NO2/c1-6-17(7-2)13-12(14(18)15(13)19)10-8-9-11-16(3,4)5;1-6-16(5)12-11(13(17)14(12)18)9-7-8-10-15(2,3)4;1-14(2,3)9-7-6-8-10-11(15(4)5)13(17)12(10)16;1-5-15-11-10(12(16)13(11)17)8-6-7-9-14(2,3)4;1-13(2,3)8-6-5-7-9-10(14-4)12(16)11(9)15/h6-11H2,1-5H3;6-10H2,1-5H3;6-9H2,1-5H3;15H,5-9H2,1-4H3;14H,5-8H2,1-4H3. The van der Waals surface area contributed by atoms with Gasteiger partial charge in [0.1, 0.15) is 0 Å². The molecular formula is C72H119N5O10. The normalized spacial score (nSPS) is 12.0. The fraction of sp³-hybridized carbons (Fsp3) is 0.722. The number of rotatable bonds is 29. The van der Waals surface area contributed by atoms with Gasteiger partial charge >= 0.3 is 0 Å². The molecular weight excluding hydrogens is 1090 g/mol. The summed E-state index contributed by atoms with van der Waals surface area (Å²) in [5.74, 6) is 0. The van der Waals surface area contributed by atoms with Crippen molar-refractivity contribution >= 4 is 28.4 Å². The Morgan fingerprint density at radius 3 is 0.862 bits per heavy atom. The molecule has 0 atom stereocenters. The smallest absolute Gasteiger partial charge is 0.249 e. The minimum absolute atomic E-state index is 0.252. The maximum atomic E-state index is 11.7. The maximum absolute atomic E-state index is 11.7. The maximum Gasteiger partial charge on any atom is 0.249 e. The van der Waals surface area contributed by atoms with Crippen molar-refractivity contribution in [1.29, 1.82) is 0 Å². The second kappa shape index (κ2) is 35.6. The predicted octanol–water partition coefficient (Wildman–Crippen LogP) is 12.0. The van der Waals surface area contributed by atoms with E-state index in [1.807, 2.05) is 58.6 Å². The number of nitrogens with zero attached hydrogens (tertiary/aromatic N) is 3. The number of unbranched alkanes of at least 4 members (excludes halogenated alkanes) is 5. The SMILES string of the molecule is CCN(C)c1c(CCCCC(C)(C)C)c(=O)c1=O.CCN(CC)c1c(CCCCC(C)(C)C)c(=O)c1=O.CCNc1c(CCCCC(C)(C)C)c(=O)c1=O.CN(C)c1c(CCCCC(C)(C)C)c(=O)c1=O.CNc1c(CCCCC(C)(C)C)c(=O)c1=O. The molecule has 0 unspecified atom stereocenters. The second-order valence-electron chi connectivity index (χ2n) is 30.2. The van der Waals surface area contributed by atoms with Crippen LogP contribution in [0.25, 0.3) is 0 Å². The Morgan fingerprint density at radius 2 is 0.575 bits per heavy atom. The van der Waals surface area contributed by atoms with Gasteiger partial charge in [0.15, 0.2) is 0 Å². The Labute approximate surface area is 523 Å². The Balaban J connectivity index is 0.000000544. The highest BCUT2D eigenvalue weighted by Gasteiger charge is 2.27. The highest BCUT2D eigenvalue weighted by atomic mass is 16.2. The van der Waals surface area contributed by atoms with E-state index in [2.05, 4.69) is 114 Å². The third-order valence-corrected chi connectivity index (χ3v) is 16.0. The number of anilines is 5. The van der Waals surface area contributed by atoms with Crippen LogP contribution in [-0.2, 0) is 32.1 Å². The van der Waals surface area contributed by atoms with E-state index < -0.39 is 0 Å². The van der Waals surface area contributed by atoms with E-state index in [9.17, 15) is 47.9 Å². The van der Waals surface area contributed by atoms with Crippen LogP contribution >= 0.6 is 0 Å². The molecule has 0 aliphatic carbocycles. The van der Waals surface area contributed by atoms with Gasteiger partial charge in [0.05, 0.1) is 28.4 Å². The third kappa shape index (κ3) is 26.2. The molecule has 0 fully saturated rings. The topological polar surface area (TPSA) is 204 Å². The van der Waals surface area contributed by atoms with Crippen molar-refractivity contribution in [2.75, 3.05) is 79.7 Å². The van der Waals surface area contributed by atoms with Gasteiger partial charge in [0.25, 0.3) is 0 Å². The van der Waals surface area contributed by atoms with Crippen LogP contribution in [0.4, 0.5) is 28.4 Å². The summed E-state index contributed by atoms with van der Waals surface area (Å²) in [6, 6.07) is 0. The van der Waals surface area contributed by atoms with Gasteiger partial charge < -0.3 is 25.3 Å². The molecule has 15 nitrogen and oxygen atoms in total. The zero-order chi connectivity index (χ0) is 67.2. The monoisotopic (exact) mass is 1210 g/mol. The second-order valence-corrected chi connectivity index (χ2v) is 30.2. The lowest BCUT2D eigenvalue weighted by Gasteiger charge is -2.25. The highest BCUT2D eigenvalue weighted by Crippen LogP contribution is 2.28. The van der Waals surface area contributed by atoms with E-state index in [-0.39, 0.29) is 54.3 Å². The van der Waals surface area contributed by atoms with Crippen LogP contribution < -0.4 is 79.6 Å². The van der Waals surface area contributed by atoms with E-state index in [0.717, 1.165) is 165 Å². The molecule has 0 saturated heterocycles. The molecule has 0 spiro atoms. The molecule has 0 aliphatic rings. The van der Waals surface area contributed by atoms with Crippen molar-refractivity contribution in [2.45, 2.75) is 260 Å². The summed E-state index contributed by atoms with van der Waals surface area (Å²) in [4.78, 5) is 120. The van der Waals surface area contributed by atoms with Crippen LogP contribution in [0.15, 0.2) is 47.9 Å². The van der Waals surface area contributed by atoms with Crippen molar-refractivity contribution in [3.05, 3.63) is 130 Å². The zero-order valence-corrected chi connectivity index (χ0v) is 58.9.